The lowest BCUT2D eigenvalue weighted by Gasteiger charge is -2.23. The van der Waals surface area contributed by atoms with E-state index < -0.39 is 0 Å². The lowest BCUT2D eigenvalue weighted by atomic mass is 10.3. The second kappa shape index (κ2) is 6.80. The maximum atomic E-state index is 5.53. The zero-order valence-electron chi connectivity index (χ0n) is 9.12. The number of pyridine rings is 1. The fourth-order valence-electron chi connectivity index (χ4n) is 1.49. The van der Waals surface area contributed by atoms with Gasteiger partial charge in [0.05, 0.1) is 4.47 Å². The van der Waals surface area contributed by atoms with Gasteiger partial charge in [0.1, 0.15) is 5.82 Å². The molecule has 0 atom stereocenters. The standard InChI is InChI=1S/C11H18BrN3/c1-2-8-15(9-4-6-13)11-10(12)5-3-7-14-11/h3,5,7H,2,4,6,8-9,13H2,1H3. The fraction of sp³-hybridized carbons (Fsp3) is 0.545. The van der Waals surface area contributed by atoms with Gasteiger partial charge in [0, 0.05) is 19.3 Å². The normalized spacial score (nSPS) is 10.3. The van der Waals surface area contributed by atoms with Gasteiger partial charge in [-0.1, -0.05) is 6.92 Å². The lowest BCUT2D eigenvalue weighted by molar-refractivity contribution is 0.710. The third kappa shape index (κ3) is 3.80. The number of aromatic nitrogens is 1. The molecule has 0 amide bonds. The number of hydrogen-bond acceptors (Lipinski definition) is 3. The highest BCUT2D eigenvalue weighted by molar-refractivity contribution is 9.10. The van der Waals surface area contributed by atoms with Crippen LogP contribution in [0.25, 0.3) is 0 Å². The van der Waals surface area contributed by atoms with E-state index in [-0.39, 0.29) is 0 Å². The summed E-state index contributed by atoms with van der Waals surface area (Å²) >= 11 is 3.52. The lowest BCUT2D eigenvalue weighted by Crippen LogP contribution is -2.28. The Hall–Kier alpha value is -0.610. The number of hydrogen-bond donors (Lipinski definition) is 1. The molecule has 1 heterocycles. The molecule has 0 fully saturated rings. The Morgan fingerprint density at radius 3 is 2.87 bits per heavy atom. The third-order valence-electron chi connectivity index (χ3n) is 2.16. The average molecular weight is 272 g/mol. The van der Waals surface area contributed by atoms with E-state index in [1.807, 2.05) is 18.3 Å². The van der Waals surface area contributed by atoms with Crippen LogP contribution in [0.15, 0.2) is 22.8 Å². The van der Waals surface area contributed by atoms with E-state index in [4.69, 9.17) is 5.73 Å². The Bertz CT molecular complexity index is 291. The maximum Gasteiger partial charge on any atom is 0.142 e. The predicted octanol–water partition coefficient (Wildman–Crippen LogP) is 2.41. The third-order valence-corrected chi connectivity index (χ3v) is 2.78. The van der Waals surface area contributed by atoms with Crippen molar-refractivity contribution in [2.75, 3.05) is 24.5 Å². The van der Waals surface area contributed by atoms with Crippen molar-refractivity contribution in [1.29, 1.82) is 0 Å². The number of anilines is 1. The van der Waals surface area contributed by atoms with Gasteiger partial charge in [-0.05, 0) is 47.4 Å². The summed E-state index contributed by atoms with van der Waals surface area (Å²) in [5, 5.41) is 0. The number of nitrogens with zero attached hydrogens (tertiary/aromatic N) is 2. The Morgan fingerprint density at radius 1 is 1.47 bits per heavy atom. The van der Waals surface area contributed by atoms with Crippen molar-refractivity contribution in [2.24, 2.45) is 5.73 Å². The first-order valence-electron chi connectivity index (χ1n) is 5.35. The minimum atomic E-state index is 0.727. The Kier molecular flexibility index (Phi) is 5.65. The van der Waals surface area contributed by atoms with Crippen molar-refractivity contribution in [3.8, 4) is 0 Å². The van der Waals surface area contributed by atoms with Gasteiger partial charge in [-0.3, -0.25) is 0 Å². The summed E-state index contributed by atoms with van der Waals surface area (Å²) in [5.41, 5.74) is 5.53. The van der Waals surface area contributed by atoms with Crippen LogP contribution in [-0.4, -0.2) is 24.6 Å². The monoisotopic (exact) mass is 271 g/mol. The smallest absolute Gasteiger partial charge is 0.142 e. The molecule has 1 aromatic rings. The molecule has 0 aliphatic heterocycles. The van der Waals surface area contributed by atoms with Crippen LogP contribution in [0.4, 0.5) is 5.82 Å². The maximum absolute atomic E-state index is 5.53. The second-order valence-electron chi connectivity index (χ2n) is 3.44. The molecule has 1 rings (SSSR count). The molecule has 0 radical (unpaired) electrons. The molecule has 0 spiro atoms. The van der Waals surface area contributed by atoms with E-state index >= 15 is 0 Å². The minimum Gasteiger partial charge on any atom is -0.356 e. The van der Waals surface area contributed by atoms with E-state index in [9.17, 15) is 0 Å². The van der Waals surface area contributed by atoms with E-state index in [1.54, 1.807) is 0 Å². The number of rotatable bonds is 6. The van der Waals surface area contributed by atoms with Gasteiger partial charge in [-0.2, -0.15) is 0 Å². The average Bonchev–Trinajstić information content (AvgIpc) is 2.25. The molecule has 0 aliphatic carbocycles. The minimum absolute atomic E-state index is 0.727. The molecule has 0 saturated carbocycles. The van der Waals surface area contributed by atoms with Crippen LogP contribution in [0.5, 0.6) is 0 Å². The second-order valence-corrected chi connectivity index (χ2v) is 4.29. The van der Waals surface area contributed by atoms with E-state index in [0.717, 1.165) is 42.8 Å². The van der Waals surface area contributed by atoms with Gasteiger partial charge in [0.2, 0.25) is 0 Å². The molecule has 15 heavy (non-hydrogen) atoms. The van der Waals surface area contributed by atoms with E-state index in [0.29, 0.717) is 0 Å². The van der Waals surface area contributed by atoms with Crippen molar-refractivity contribution >= 4 is 21.7 Å². The molecule has 0 bridgehead atoms. The zero-order valence-corrected chi connectivity index (χ0v) is 10.7. The molecule has 84 valence electrons. The Labute approximate surface area is 99.8 Å². The Balaban J connectivity index is 2.74. The summed E-state index contributed by atoms with van der Waals surface area (Å²) in [4.78, 5) is 6.66. The molecule has 1 aromatic heterocycles. The first-order chi connectivity index (χ1) is 7.29. The van der Waals surface area contributed by atoms with Crippen LogP contribution >= 0.6 is 15.9 Å². The molecule has 0 unspecified atom stereocenters. The van der Waals surface area contributed by atoms with Crippen molar-refractivity contribution in [3.63, 3.8) is 0 Å². The van der Waals surface area contributed by atoms with Crippen LogP contribution in [0.3, 0.4) is 0 Å². The highest BCUT2D eigenvalue weighted by atomic mass is 79.9. The van der Waals surface area contributed by atoms with Gasteiger partial charge in [-0.25, -0.2) is 4.98 Å². The first-order valence-corrected chi connectivity index (χ1v) is 6.14. The van der Waals surface area contributed by atoms with Crippen molar-refractivity contribution in [1.82, 2.24) is 4.98 Å². The predicted molar refractivity (Wildman–Crippen MR) is 68.1 cm³/mol. The highest BCUT2D eigenvalue weighted by Gasteiger charge is 2.09. The quantitative estimate of drug-likeness (QED) is 0.864. The highest BCUT2D eigenvalue weighted by Crippen LogP contribution is 2.23. The summed E-state index contributed by atoms with van der Waals surface area (Å²) in [5.74, 6) is 1.02. The van der Waals surface area contributed by atoms with Crippen LogP contribution in [0, 0.1) is 0 Å². The first kappa shape index (κ1) is 12.5. The molecule has 2 N–H and O–H groups in total. The van der Waals surface area contributed by atoms with Crippen molar-refractivity contribution in [2.45, 2.75) is 19.8 Å². The SMILES string of the molecule is CCCN(CCCN)c1ncccc1Br. The Morgan fingerprint density at radius 2 is 2.27 bits per heavy atom. The molecule has 4 heteroatoms. The van der Waals surface area contributed by atoms with Crippen LogP contribution < -0.4 is 10.6 Å². The summed E-state index contributed by atoms with van der Waals surface area (Å²) in [6.07, 6.45) is 3.95. The van der Waals surface area contributed by atoms with Gasteiger partial charge < -0.3 is 10.6 Å². The number of nitrogens with two attached hydrogens (primary N) is 1. The van der Waals surface area contributed by atoms with Gasteiger partial charge in [-0.15, -0.1) is 0 Å². The number of halogens is 1. The molecule has 3 nitrogen and oxygen atoms in total. The molecule has 0 aliphatic rings. The van der Waals surface area contributed by atoms with Crippen LogP contribution in [-0.2, 0) is 0 Å². The van der Waals surface area contributed by atoms with Gasteiger partial charge >= 0.3 is 0 Å². The summed E-state index contributed by atoms with van der Waals surface area (Å²) in [6.45, 7) is 4.90. The van der Waals surface area contributed by atoms with Crippen molar-refractivity contribution < 1.29 is 0 Å². The van der Waals surface area contributed by atoms with Crippen LogP contribution in [0.2, 0.25) is 0 Å². The largest absolute Gasteiger partial charge is 0.356 e. The molecule has 0 aromatic carbocycles. The summed E-state index contributed by atoms with van der Waals surface area (Å²) in [6, 6.07) is 3.95. The van der Waals surface area contributed by atoms with Crippen molar-refractivity contribution in [3.05, 3.63) is 22.8 Å². The summed E-state index contributed by atoms with van der Waals surface area (Å²) in [7, 11) is 0. The van der Waals surface area contributed by atoms with Gasteiger partial charge in [0.25, 0.3) is 0 Å². The molecular weight excluding hydrogens is 254 g/mol. The van der Waals surface area contributed by atoms with Crippen LogP contribution in [0.1, 0.15) is 19.8 Å². The molecule has 0 saturated heterocycles. The summed E-state index contributed by atoms with van der Waals surface area (Å²) < 4.78 is 1.05. The zero-order chi connectivity index (χ0) is 11.1. The van der Waals surface area contributed by atoms with Gasteiger partial charge in [0.15, 0.2) is 0 Å². The van der Waals surface area contributed by atoms with E-state index in [2.05, 4.69) is 32.7 Å². The fourth-order valence-corrected chi connectivity index (χ4v) is 1.99. The topological polar surface area (TPSA) is 42.1 Å². The van der Waals surface area contributed by atoms with E-state index in [1.165, 1.54) is 0 Å². The molecular formula is C11H18BrN3.